The molecule has 2 aromatic rings. The number of carbonyl (C=O) groups is 9. The maximum absolute atomic E-state index is 12.3. The topological polar surface area (TPSA) is 291 Å². The molecule has 0 radical (unpaired) electrons. The number of anilines is 2. The number of azo groups is 1. The highest BCUT2D eigenvalue weighted by Crippen LogP contribution is 2.22. The number of nitrogens with zero attached hydrogens (tertiary/aromatic N) is 3. The highest BCUT2D eigenvalue weighted by molar-refractivity contribution is 6.15. The minimum atomic E-state index is -1.53. The number of hydrogen-bond acceptors (Lipinski definition) is 12. The van der Waals surface area contributed by atoms with Crippen molar-refractivity contribution < 1.29 is 58.1 Å². The Morgan fingerprint density at radius 2 is 1.21 bits per heavy atom. The summed E-state index contributed by atoms with van der Waals surface area (Å²) in [5.74, 6) is -7.39. The minimum Gasteiger partial charge on any atom is -0.481 e. The van der Waals surface area contributed by atoms with E-state index in [9.17, 15) is 53.4 Å². The molecule has 0 fully saturated rings. The molecule has 0 saturated heterocycles. The molecule has 1 heterocycles. The number of imide groups is 1. The fourth-order valence-electron chi connectivity index (χ4n) is 4.79. The molecule has 1 unspecified atom stereocenters. The molecular weight excluding hydrogens is 736 g/mol. The molecule has 0 aromatic heterocycles. The normalized spacial score (nSPS) is 13.4. The van der Waals surface area contributed by atoms with Crippen LogP contribution in [0.25, 0.3) is 0 Å². The van der Waals surface area contributed by atoms with Crippen molar-refractivity contribution in [3.63, 3.8) is 0 Å². The Bertz CT molecular complexity index is 1850. The fraction of sp³-hybridized carbons (Fsp3) is 0.361. The zero-order chi connectivity index (χ0) is 41.4. The molecule has 0 bridgehead atoms. The van der Waals surface area contributed by atoms with Crippen LogP contribution in [0.5, 0.6) is 0 Å². The van der Waals surface area contributed by atoms with E-state index in [1.807, 2.05) is 0 Å². The lowest BCUT2D eigenvalue weighted by Crippen LogP contribution is -2.45. The van der Waals surface area contributed by atoms with Crippen LogP contribution in [-0.4, -0.2) is 99.9 Å². The van der Waals surface area contributed by atoms with Gasteiger partial charge < -0.3 is 41.5 Å². The lowest BCUT2D eigenvalue weighted by molar-refractivity contribution is -0.145. The number of alkyl carbamates (subject to hydrolysis) is 1. The van der Waals surface area contributed by atoms with Crippen molar-refractivity contribution >= 4 is 76.2 Å². The average Bonchev–Trinajstić information content (AvgIpc) is 3.43. The third-order valence-electron chi connectivity index (χ3n) is 7.49. The maximum Gasteiger partial charge on any atom is 0.408 e. The van der Waals surface area contributed by atoms with Crippen LogP contribution >= 0.6 is 0 Å². The van der Waals surface area contributed by atoms with E-state index in [1.165, 1.54) is 0 Å². The van der Waals surface area contributed by atoms with E-state index in [-0.39, 0.29) is 19.3 Å². The Kier molecular flexibility index (Phi) is 15.9. The van der Waals surface area contributed by atoms with Gasteiger partial charge in [-0.15, -0.1) is 0 Å². The number of nitrogens with one attached hydrogen (secondary N) is 5. The van der Waals surface area contributed by atoms with Gasteiger partial charge in [0.1, 0.15) is 18.2 Å². The Labute approximate surface area is 320 Å². The number of benzene rings is 2. The minimum absolute atomic E-state index is 0.0500. The van der Waals surface area contributed by atoms with Gasteiger partial charge in [-0.25, -0.2) is 9.59 Å². The summed E-state index contributed by atoms with van der Waals surface area (Å²) in [6, 6.07) is 11.1. The molecule has 2 aromatic carbocycles. The van der Waals surface area contributed by atoms with E-state index in [2.05, 4.69) is 36.8 Å². The van der Waals surface area contributed by atoms with E-state index in [1.54, 1.807) is 69.3 Å². The first-order valence-corrected chi connectivity index (χ1v) is 17.1. The number of amides is 7. The van der Waals surface area contributed by atoms with Crippen LogP contribution in [0, 0.1) is 5.92 Å². The molecule has 0 saturated carbocycles. The van der Waals surface area contributed by atoms with Crippen LogP contribution in [0.15, 0.2) is 70.9 Å². The molecular formula is C36H42N8O12. The van der Waals surface area contributed by atoms with Crippen LogP contribution in [0.1, 0.15) is 46.5 Å². The molecule has 2 atom stereocenters. The van der Waals surface area contributed by atoms with Crippen molar-refractivity contribution in [3.8, 4) is 0 Å². The van der Waals surface area contributed by atoms with E-state index < -0.39 is 97.1 Å². The first kappa shape index (κ1) is 43.4. The molecule has 0 spiro atoms. The largest absolute Gasteiger partial charge is 0.481 e. The number of aliphatic carboxylic acids is 2. The van der Waals surface area contributed by atoms with Gasteiger partial charge in [-0.1, -0.05) is 0 Å². The molecule has 7 N–H and O–H groups in total. The van der Waals surface area contributed by atoms with Gasteiger partial charge in [0.05, 0.1) is 30.4 Å². The zero-order valence-electron chi connectivity index (χ0n) is 30.7. The molecule has 7 amide bonds. The number of ether oxygens (including phenoxy) is 1. The SMILES string of the molecule is CC(C)(C)OC(=O)N[C@@H](CC(CCCC(=O)NCC(=O)NCC(=O)Nc1ccc(/N=N/c2ccc(NC(=O)CN3C(=O)C=CC3=O)cc2)cc1)C(=O)O)C(=O)O. The molecule has 1 aliphatic rings. The van der Waals surface area contributed by atoms with Gasteiger partial charge in [0.15, 0.2) is 0 Å². The van der Waals surface area contributed by atoms with Crippen LogP contribution in [0.2, 0.25) is 0 Å². The van der Waals surface area contributed by atoms with Gasteiger partial charge in [0.2, 0.25) is 23.6 Å². The molecule has 20 nitrogen and oxygen atoms in total. The van der Waals surface area contributed by atoms with Crippen LogP contribution < -0.4 is 26.6 Å². The van der Waals surface area contributed by atoms with Crippen molar-refractivity contribution in [2.75, 3.05) is 30.3 Å². The predicted octanol–water partition coefficient (Wildman–Crippen LogP) is 2.38. The summed E-state index contributed by atoms with van der Waals surface area (Å²) in [5, 5.41) is 39.3. The van der Waals surface area contributed by atoms with Crippen LogP contribution in [0.3, 0.4) is 0 Å². The summed E-state index contributed by atoms with van der Waals surface area (Å²) in [6.45, 7) is 3.48. The predicted molar refractivity (Wildman–Crippen MR) is 197 cm³/mol. The van der Waals surface area contributed by atoms with E-state index in [0.717, 1.165) is 17.1 Å². The third-order valence-corrected chi connectivity index (χ3v) is 7.49. The highest BCUT2D eigenvalue weighted by Gasteiger charge is 2.30. The molecule has 0 aliphatic carbocycles. The average molecular weight is 779 g/mol. The van der Waals surface area contributed by atoms with Gasteiger partial charge in [0, 0.05) is 29.9 Å². The monoisotopic (exact) mass is 778 g/mol. The molecule has 1 aliphatic heterocycles. The number of carboxylic acids is 2. The van der Waals surface area contributed by atoms with Gasteiger partial charge in [-0.3, -0.25) is 38.5 Å². The summed E-state index contributed by atoms with van der Waals surface area (Å²) in [7, 11) is 0. The van der Waals surface area contributed by atoms with Crippen molar-refractivity contribution in [2.45, 2.75) is 58.1 Å². The van der Waals surface area contributed by atoms with Crippen molar-refractivity contribution in [2.24, 2.45) is 16.1 Å². The number of carboxylic acid groups (broad SMARTS) is 2. The molecule has 20 heteroatoms. The first-order valence-electron chi connectivity index (χ1n) is 17.1. The zero-order valence-corrected chi connectivity index (χ0v) is 30.7. The Balaban J connectivity index is 1.33. The summed E-state index contributed by atoms with van der Waals surface area (Å²) < 4.78 is 5.03. The standard InChI is InChI=1S/C36H42N8O12/c1-36(2,3)56-35(55)41-26(34(53)54)17-21(33(51)52)5-4-6-27(45)37-18-28(46)38-19-29(47)39-22-7-11-24(12-8-22)42-43-25-13-9-23(10-14-25)40-30(48)20-44-31(49)15-16-32(44)50/h7-16,21,26H,4-6,17-20H2,1-3H3,(H,37,45)(H,38,46)(H,39,47)(H,40,48)(H,41,55)(H,51,52)(H,53,54)/b43-42+/t21?,26-/m0/s1. The summed E-state index contributed by atoms with van der Waals surface area (Å²) in [6.07, 6.45) is 0.537. The van der Waals surface area contributed by atoms with E-state index >= 15 is 0 Å². The first-order chi connectivity index (χ1) is 26.4. The van der Waals surface area contributed by atoms with Gasteiger partial charge in [0.25, 0.3) is 11.8 Å². The van der Waals surface area contributed by atoms with Gasteiger partial charge in [-0.05, 0) is 88.6 Å². The Hall–Kier alpha value is -6.99. The third kappa shape index (κ3) is 15.5. The van der Waals surface area contributed by atoms with Gasteiger partial charge >= 0.3 is 18.0 Å². The summed E-state index contributed by atoms with van der Waals surface area (Å²) in [5.41, 5.74) is 0.847. The van der Waals surface area contributed by atoms with Crippen LogP contribution in [0.4, 0.5) is 27.5 Å². The number of hydrogen-bond donors (Lipinski definition) is 7. The quantitative estimate of drug-likeness (QED) is 0.0799. The molecule has 298 valence electrons. The summed E-state index contributed by atoms with van der Waals surface area (Å²) in [4.78, 5) is 108. The fourth-order valence-corrected chi connectivity index (χ4v) is 4.79. The van der Waals surface area contributed by atoms with Crippen LogP contribution in [-0.2, 0) is 43.1 Å². The Morgan fingerprint density at radius 1 is 0.714 bits per heavy atom. The second-order valence-electron chi connectivity index (χ2n) is 13.2. The lowest BCUT2D eigenvalue weighted by atomic mass is 9.94. The molecule has 56 heavy (non-hydrogen) atoms. The highest BCUT2D eigenvalue weighted by atomic mass is 16.6. The van der Waals surface area contributed by atoms with Crippen molar-refractivity contribution in [1.29, 1.82) is 0 Å². The van der Waals surface area contributed by atoms with E-state index in [4.69, 9.17) is 4.74 Å². The second-order valence-corrected chi connectivity index (χ2v) is 13.2. The van der Waals surface area contributed by atoms with Crippen molar-refractivity contribution in [1.82, 2.24) is 20.9 Å². The number of rotatable bonds is 19. The Morgan fingerprint density at radius 3 is 1.71 bits per heavy atom. The van der Waals surface area contributed by atoms with Crippen molar-refractivity contribution in [3.05, 3.63) is 60.7 Å². The number of carbonyl (C=O) groups excluding carboxylic acids is 7. The van der Waals surface area contributed by atoms with E-state index in [0.29, 0.717) is 22.7 Å². The van der Waals surface area contributed by atoms with Gasteiger partial charge in [-0.2, -0.15) is 10.2 Å². The molecule has 3 rings (SSSR count). The lowest BCUT2D eigenvalue weighted by Gasteiger charge is -2.23. The maximum atomic E-state index is 12.3. The summed E-state index contributed by atoms with van der Waals surface area (Å²) >= 11 is 0. The smallest absolute Gasteiger partial charge is 0.408 e. The second kappa shape index (κ2) is 20.5.